The van der Waals surface area contributed by atoms with Crippen LogP contribution in [0.2, 0.25) is 0 Å². The Labute approximate surface area is 150 Å². The van der Waals surface area contributed by atoms with Gasteiger partial charge in [0.2, 0.25) is 0 Å². The van der Waals surface area contributed by atoms with Gasteiger partial charge in [0.1, 0.15) is 5.75 Å². The predicted octanol–water partition coefficient (Wildman–Crippen LogP) is 3.94. The number of hydrogen-bond acceptors (Lipinski definition) is 3. The number of hydrogen-bond donors (Lipinski definition) is 1. The van der Waals surface area contributed by atoms with Crippen molar-refractivity contribution in [2.45, 2.75) is 31.3 Å². The highest BCUT2D eigenvalue weighted by Gasteiger charge is 2.29. The Bertz CT molecular complexity index is 722. The van der Waals surface area contributed by atoms with Gasteiger partial charge in [-0.05, 0) is 37.1 Å². The SMILES string of the molecule is C#CC(O)(c1ccc(OC)cc1)c1ccc(N2CCCCCC2)cc1. The highest BCUT2D eigenvalue weighted by Crippen LogP contribution is 2.32. The van der Waals surface area contributed by atoms with E-state index in [0.717, 1.165) is 18.8 Å². The molecule has 130 valence electrons. The lowest BCUT2D eigenvalue weighted by Crippen LogP contribution is -2.26. The number of terminal acetylenes is 1. The van der Waals surface area contributed by atoms with Crippen molar-refractivity contribution in [1.82, 2.24) is 0 Å². The van der Waals surface area contributed by atoms with Gasteiger partial charge in [-0.3, -0.25) is 0 Å². The summed E-state index contributed by atoms with van der Waals surface area (Å²) in [5, 5.41) is 11.1. The largest absolute Gasteiger partial charge is 0.497 e. The van der Waals surface area contributed by atoms with Crippen LogP contribution in [0.4, 0.5) is 5.69 Å². The molecule has 25 heavy (non-hydrogen) atoms. The van der Waals surface area contributed by atoms with Crippen LogP contribution in [0.1, 0.15) is 36.8 Å². The molecule has 1 unspecified atom stereocenters. The van der Waals surface area contributed by atoms with Crippen LogP contribution >= 0.6 is 0 Å². The van der Waals surface area contributed by atoms with E-state index < -0.39 is 5.60 Å². The highest BCUT2D eigenvalue weighted by molar-refractivity contribution is 5.52. The maximum absolute atomic E-state index is 11.1. The van der Waals surface area contributed by atoms with Gasteiger partial charge in [-0.25, -0.2) is 0 Å². The Balaban J connectivity index is 1.86. The molecule has 1 aliphatic rings. The van der Waals surface area contributed by atoms with E-state index in [-0.39, 0.29) is 0 Å². The predicted molar refractivity (Wildman–Crippen MR) is 102 cm³/mol. The van der Waals surface area contributed by atoms with Crippen molar-refractivity contribution in [3.63, 3.8) is 0 Å². The summed E-state index contributed by atoms with van der Waals surface area (Å²) in [5.74, 6) is 3.29. The average molecular weight is 335 g/mol. The third-order valence-electron chi connectivity index (χ3n) is 4.97. The van der Waals surface area contributed by atoms with Crippen molar-refractivity contribution in [2.24, 2.45) is 0 Å². The molecule has 0 saturated carbocycles. The van der Waals surface area contributed by atoms with Crippen LogP contribution in [-0.4, -0.2) is 25.3 Å². The summed E-state index contributed by atoms with van der Waals surface area (Å²) in [4.78, 5) is 2.42. The first-order valence-corrected chi connectivity index (χ1v) is 8.87. The number of rotatable bonds is 4. The maximum Gasteiger partial charge on any atom is 0.176 e. The third-order valence-corrected chi connectivity index (χ3v) is 4.97. The van der Waals surface area contributed by atoms with Gasteiger partial charge in [0.25, 0.3) is 0 Å². The number of nitrogens with zero attached hydrogens (tertiary/aromatic N) is 1. The molecule has 0 radical (unpaired) electrons. The van der Waals surface area contributed by atoms with Gasteiger partial charge in [0.05, 0.1) is 7.11 Å². The van der Waals surface area contributed by atoms with Crippen LogP contribution in [0.15, 0.2) is 48.5 Å². The van der Waals surface area contributed by atoms with E-state index >= 15 is 0 Å². The van der Waals surface area contributed by atoms with Crippen LogP contribution < -0.4 is 9.64 Å². The molecule has 1 saturated heterocycles. The van der Waals surface area contributed by atoms with Gasteiger partial charge in [0, 0.05) is 29.9 Å². The molecule has 1 aliphatic heterocycles. The Morgan fingerprint density at radius 3 is 1.92 bits per heavy atom. The molecular formula is C22H25NO2. The van der Waals surface area contributed by atoms with Crippen molar-refractivity contribution in [3.05, 3.63) is 59.7 Å². The molecule has 0 amide bonds. The first-order valence-electron chi connectivity index (χ1n) is 8.87. The zero-order valence-corrected chi connectivity index (χ0v) is 14.7. The Kier molecular flexibility index (Phi) is 5.31. The fraction of sp³-hybridized carbons (Fsp3) is 0.364. The summed E-state index contributed by atoms with van der Waals surface area (Å²) in [5.41, 5.74) is 1.13. The van der Waals surface area contributed by atoms with Crippen LogP contribution in [-0.2, 0) is 5.60 Å². The van der Waals surface area contributed by atoms with E-state index in [0.29, 0.717) is 11.1 Å². The Hall–Kier alpha value is -2.44. The average Bonchev–Trinajstić information content (AvgIpc) is 2.97. The van der Waals surface area contributed by atoms with Crippen molar-refractivity contribution in [2.75, 3.05) is 25.1 Å². The molecule has 1 atom stereocenters. The summed E-state index contributed by atoms with van der Waals surface area (Å²) in [6.07, 6.45) is 10.8. The molecule has 0 aromatic heterocycles. The van der Waals surface area contributed by atoms with Crippen molar-refractivity contribution < 1.29 is 9.84 Å². The first kappa shape index (κ1) is 17.4. The number of aliphatic hydroxyl groups is 1. The van der Waals surface area contributed by atoms with Crippen LogP contribution in [0, 0.1) is 12.3 Å². The molecular weight excluding hydrogens is 310 g/mol. The zero-order valence-electron chi connectivity index (χ0n) is 14.7. The molecule has 3 heteroatoms. The van der Waals surface area contributed by atoms with Gasteiger partial charge in [-0.2, -0.15) is 0 Å². The number of benzene rings is 2. The highest BCUT2D eigenvalue weighted by atomic mass is 16.5. The summed E-state index contributed by atoms with van der Waals surface area (Å²) < 4.78 is 5.18. The zero-order chi connectivity index (χ0) is 17.7. The van der Waals surface area contributed by atoms with Crippen LogP contribution in [0.25, 0.3) is 0 Å². The minimum atomic E-state index is -1.44. The smallest absolute Gasteiger partial charge is 0.176 e. The number of anilines is 1. The van der Waals surface area contributed by atoms with E-state index in [1.54, 1.807) is 19.2 Å². The summed E-state index contributed by atoms with van der Waals surface area (Å²) in [7, 11) is 1.62. The van der Waals surface area contributed by atoms with Gasteiger partial charge in [-0.15, -0.1) is 6.42 Å². The fourth-order valence-electron chi connectivity index (χ4n) is 3.41. The van der Waals surface area contributed by atoms with E-state index in [1.807, 2.05) is 24.3 Å². The topological polar surface area (TPSA) is 32.7 Å². The second-order valence-electron chi connectivity index (χ2n) is 6.53. The van der Waals surface area contributed by atoms with E-state index in [2.05, 4.69) is 23.0 Å². The van der Waals surface area contributed by atoms with Crippen LogP contribution in [0.3, 0.4) is 0 Å². The lowest BCUT2D eigenvalue weighted by atomic mass is 9.87. The van der Waals surface area contributed by atoms with Gasteiger partial charge >= 0.3 is 0 Å². The Morgan fingerprint density at radius 2 is 1.44 bits per heavy atom. The lowest BCUT2D eigenvalue weighted by Gasteiger charge is -2.26. The monoisotopic (exact) mass is 335 g/mol. The molecule has 3 nitrogen and oxygen atoms in total. The van der Waals surface area contributed by atoms with E-state index in [9.17, 15) is 5.11 Å². The maximum atomic E-state index is 11.1. The van der Waals surface area contributed by atoms with Gasteiger partial charge in [0.15, 0.2) is 5.60 Å². The van der Waals surface area contributed by atoms with E-state index in [4.69, 9.17) is 11.2 Å². The molecule has 1 fully saturated rings. The fourth-order valence-corrected chi connectivity index (χ4v) is 3.41. The molecule has 0 bridgehead atoms. The quantitative estimate of drug-likeness (QED) is 0.859. The van der Waals surface area contributed by atoms with Crippen molar-refractivity contribution in [3.8, 4) is 18.1 Å². The molecule has 2 aromatic rings. The number of ether oxygens (including phenoxy) is 1. The molecule has 0 spiro atoms. The second kappa shape index (κ2) is 7.63. The number of methoxy groups -OCH3 is 1. The molecule has 0 aliphatic carbocycles. The molecule has 3 rings (SSSR count). The second-order valence-corrected chi connectivity index (χ2v) is 6.53. The van der Waals surface area contributed by atoms with Gasteiger partial charge < -0.3 is 14.7 Å². The lowest BCUT2D eigenvalue weighted by molar-refractivity contribution is 0.145. The standard InChI is InChI=1S/C22H25NO2/c1-3-22(24,19-10-14-21(25-2)15-11-19)18-8-12-20(13-9-18)23-16-6-4-5-7-17-23/h1,8-15,24H,4-7,16-17H2,2H3. The van der Waals surface area contributed by atoms with Crippen molar-refractivity contribution >= 4 is 5.69 Å². The summed E-state index contributed by atoms with van der Waals surface area (Å²) in [6, 6.07) is 15.2. The Morgan fingerprint density at radius 1 is 0.920 bits per heavy atom. The van der Waals surface area contributed by atoms with Crippen LogP contribution in [0.5, 0.6) is 5.75 Å². The minimum Gasteiger partial charge on any atom is -0.497 e. The summed E-state index contributed by atoms with van der Waals surface area (Å²) >= 11 is 0. The third kappa shape index (κ3) is 3.65. The minimum absolute atomic E-state index is 0.665. The van der Waals surface area contributed by atoms with Gasteiger partial charge in [-0.1, -0.05) is 43.0 Å². The molecule has 1 N–H and O–H groups in total. The first-order chi connectivity index (χ1) is 12.2. The van der Waals surface area contributed by atoms with E-state index in [1.165, 1.54) is 31.4 Å². The molecule has 2 aromatic carbocycles. The molecule has 1 heterocycles. The summed E-state index contributed by atoms with van der Waals surface area (Å²) in [6.45, 7) is 2.19. The van der Waals surface area contributed by atoms with Crippen molar-refractivity contribution in [1.29, 1.82) is 0 Å². The normalized spacial score (nSPS) is 17.2.